The van der Waals surface area contributed by atoms with E-state index in [1.165, 1.54) is 0 Å². The average Bonchev–Trinajstić information content (AvgIpc) is 2.64. The molecule has 96 valence electrons. The highest BCUT2D eigenvalue weighted by atomic mass is 35.5. The van der Waals surface area contributed by atoms with E-state index in [4.69, 9.17) is 16.0 Å². The molecule has 1 heterocycles. The monoisotopic (exact) mass is 257 g/mol. The molecule has 0 radical (unpaired) electrons. The fourth-order valence-corrected chi connectivity index (χ4v) is 2.27. The summed E-state index contributed by atoms with van der Waals surface area (Å²) in [7, 11) is 0. The molecule has 0 bridgehead atoms. The van der Waals surface area contributed by atoms with Gasteiger partial charge in [0.15, 0.2) is 5.76 Å². The predicted molar refractivity (Wildman–Crippen MR) is 69.4 cm³/mol. The Labute approximate surface area is 108 Å². The summed E-state index contributed by atoms with van der Waals surface area (Å²) in [4.78, 5) is 13.3. The van der Waals surface area contributed by atoms with Gasteiger partial charge in [0.2, 0.25) is 0 Å². The molecule has 0 spiro atoms. The topological polar surface area (TPSA) is 33.5 Å². The van der Waals surface area contributed by atoms with Gasteiger partial charge < -0.3 is 4.42 Å². The molecule has 1 unspecified atom stereocenters. The van der Waals surface area contributed by atoms with Gasteiger partial charge in [-0.05, 0) is 58.0 Å². The molecule has 1 rings (SSSR count). The molecule has 4 heteroatoms. The number of carbonyl (C=O) groups is 1. The van der Waals surface area contributed by atoms with Crippen LogP contribution >= 0.6 is 11.6 Å². The second-order valence-corrected chi connectivity index (χ2v) is 5.45. The molecular formula is C13H20ClNO2. The molecule has 0 aliphatic carbocycles. The van der Waals surface area contributed by atoms with Gasteiger partial charge in [-0.15, -0.1) is 0 Å². The molecule has 0 fully saturated rings. The van der Waals surface area contributed by atoms with E-state index < -0.39 is 5.24 Å². The fraction of sp³-hybridized carbons (Fsp3) is 0.615. The highest BCUT2D eigenvalue weighted by Gasteiger charge is 2.27. The third kappa shape index (κ3) is 3.33. The van der Waals surface area contributed by atoms with Gasteiger partial charge in [0, 0.05) is 5.54 Å². The Hall–Kier alpha value is -0.800. The predicted octanol–water partition coefficient (Wildman–Crippen LogP) is 3.84. The third-order valence-electron chi connectivity index (χ3n) is 2.90. The lowest BCUT2D eigenvalue weighted by atomic mass is 10.0. The van der Waals surface area contributed by atoms with Crippen molar-refractivity contribution in [2.24, 2.45) is 0 Å². The van der Waals surface area contributed by atoms with E-state index in [1.807, 2.05) is 6.07 Å². The van der Waals surface area contributed by atoms with Crippen LogP contribution in [0, 0.1) is 0 Å². The van der Waals surface area contributed by atoms with E-state index >= 15 is 0 Å². The zero-order valence-electron chi connectivity index (χ0n) is 11.1. The first-order valence-electron chi connectivity index (χ1n) is 5.83. The van der Waals surface area contributed by atoms with Crippen molar-refractivity contribution in [2.75, 3.05) is 6.54 Å². The van der Waals surface area contributed by atoms with Gasteiger partial charge in [-0.1, -0.05) is 6.92 Å². The van der Waals surface area contributed by atoms with Crippen molar-refractivity contribution >= 4 is 16.8 Å². The lowest BCUT2D eigenvalue weighted by Gasteiger charge is -2.38. The molecule has 1 atom stereocenters. The van der Waals surface area contributed by atoms with Gasteiger partial charge in [0.25, 0.3) is 5.24 Å². The molecule has 1 aromatic heterocycles. The summed E-state index contributed by atoms with van der Waals surface area (Å²) in [5.41, 5.74) is 0.0477. The molecule has 17 heavy (non-hydrogen) atoms. The summed E-state index contributed by atoms with van der Waals surface area (Å²) in [5, 5.41) is -0.553. The summed E-state index contributed by atoms with van der Waals surface area (Å²) in [6.07, 6.45) is 0. The van der Waals surface area contributed by atoms with E-state index in [2.05, 4.69) is 39.5 Å². The molecule has 0 aliphatic heterocycles. The zero-order chi connectivity index (χ0) is 13.2. The summed E-state index contributed by atoms with van der Waals surface area (Å²) in [6, 6.07) is 3.55. The smallest absolute Gasteiger partial charge is 0.287 e. The first-order chi connectivity index (χ1) is 7.77. The Kier molecular flexibility index (Phi) is 4.39. The first-order valence-corrected chi connectivity index (χ1v) is 6.21. The summed E-state index contributed by atoms with van der Waals surface area (Å²) < 4.78 is 5.46. The highest BCUT2D eigenvalue weighted by molar-refractivity contribution is 6.67. The van der Waals surface area contributed by atoms with Gasteiger partial charge in [-0.25, -0.2) is 0 Å². The molecule has 0 aliphatic rings. The fourth-order valence-electron chi connectivity index (χ4n) is 2.17. The minimum atomic E-state index is -0.553. The number of hydrogen-bond donors (Lipinski definition) is 0. The Balaban J connectivity index is 2.94. The van der Waals surface area contributed by atoms with Crippen molar-refractivity contribution < 1.29 is 9.21 Å². The molecule has 0 saturated heterocycles. The van der Waals surface area contributed by atoms with Crippen molar-refractivity contribution in [1.29, 1.82) is 0 Å². The largest absolute Gasteiger partial charge is 0.455 e. The summed E-state index contributed by atoms with van der Waals surface area (Å²) >= 11 is 5.38. The Morgan fingerprint density at radius 3 is 2.41 bits per heavy atom. The van der Waals surface area contributed by atoms with Gasteiger partial charge in [0.05, 0.1) is 6.04 Å². The minimum absolute atomic E-state index is 0.0477. The van der Waals surface area contributed by atoms with Crippen molar-refractivity contribution in [3.8, 4) is 0 Å². The Morgan fingerprint density at radius 2 is 2.06 bits per heavy atom. The van der Waals surface area contributed by atoms with Crippen molar-refractivity contribution in [2.45, 2.75) is 46.2 Å². The van der Waals surface area contributed by atoms with Crippen LogP contribution in [0.2, 0.25) is 0 Å². The highest BCUT2D eigenvalue weighted by Crippen LogP contribution is 2.28. The lowest BCUT2D eigenvalue weighted by molar-refractivity contribution is 0.0837. The van der Waals surface area contributed by atoms with Crippen molar-refractivity contribution in [3.05, 3.63) is 23.7 Å². The van der Waals surface area contributed by atoms with Gasteiger partial charge >= 0.3 is 0 Å². The van der Waals surface area contributed by atoms with E-state index in [0.29, 0.717) is 0 Å². The zero-order valence-corrected chi connectivity index (χ0v) is 11.8. The van der Waals surface area contributed by atoms with Gasteiger partial charge in [-0.3, -0.25) is 9.69 Å². The van der Waals surface area contributed by atoms with Crippen molar-refractivity contribution in [3.63, 3.8) is 0 Å². The van der Waals surface area contributed by atoms with Crippen LogP contribution in [0.15, 0.2) is 16.5 Å². The quantitative estimate of drug-likeness (QED) is 0.769. The Morgan fingerprint density at radius 1 is 1.47 bits per heavy atom. The number of nitrogens with zero attached hydrogens (tertiary/aromatic N) is 1. The molecule has 3 nitrogen and oxygen atoms in total. The maximum absolute atomic E-state index is 11.0. The first kappa shape index (κ1) is 14.3. The van der Waals surface area contributed by atoms with Gasteiger partial charge in [0.1, 0.15) is 5.76 Å². The second kappa shape index (κ2) is 5.23. The minimum Gasteiger partial charge on any atom is -0.455 e. The van der Waals surface area contributed by atoms with Gasteiger partial charge in [-0.2, -0.15) is 0 Å². The maximum atomic E-state index is 11.0. The van der Waals surface area contributed by atoms with Crippen molar-refractivity contribution in [1.82, 2.24) is 4.90 Å². The number of hydrogen-bond acceptors (Lipinski definition) is 3. The standard InChI is InChI=1S/C13H20ClNO2/c1-6-15(13(3,4)5)9(2)10-7-8-11(17-10)12(14)16/h7-9H,6H2,1-5H3. The lowest BCUT2D eigenvalue weighted by Crippen LogP contribution is -2.42. The molecular weight excluding hydrogens is 238 g/mol. The average molecular weight is 258 g/mol. The van der Waals surface area contributed by atoms with E-state index in [9.17, 15) is 4.79 Å². The number of rotatable bonds is 4. The van der Waals surface area contributed by atoms with E-state index in [-0.39, 0.29) is 17.3 Å². The SMILES string of the molecule is CCN(C(C)c1ccc(C(=O)Cl)o1)C(C)(C)C. The number of carbonyl (C=O) groups excluding carboxylic acids is 1. The van der Waals surface area contributed by atoms with E-state index in [1.54, 1.807) is 6.07 Å². The van der Waals surface area contributed by atoms with Crippen LogP contribution in [0.1, 0.15) is 57.0 Å². The molecule has 0 amide bonds. The van der Waals surface area contributed by atoms with Crippen LogP contribution in [-0.4, -0.2) is 22.2 Å². The molecule has 1 aromatic rings. The van der Waals surface area contributed by atoms with Crippen LogP contribution in [-0.2, 0) is 0 Å². The molecule has 0 aromatic carbocycles. The van der Waals surface area contributed by atoms with Crippen LogP contribution in [0.4, 0.5) is 0 Å². The number of furan rings is 1. The molecule has 0 N–H and O–H groups in total. The summed E-state index contributed by atoms with van der Waals surface area (Å²) in [6.45, 7) is 11.6. The summed E-state index contributed by atoms with van der Waals surface area (Å²) in [5.74, 6) is 0.976. The van der Waals surface area contributed by atoms with Crippen LogP contribution in [0.25, 0.3) is 0 Å². The normalized spacial score (nSPS) is 14.1. The van der Waals surface area contributed by atoms with Crippen LogP contribution < -0.4 is 0 Å². The Bertz CT molecular complexity index is 392. The second-order valence-electron chi connectivity index (χ2n) is 5.11. The van der Waals surface area contributed by atoms with Crippen LogP contribution in [0.5, 0.6) is 0 Å². The third-order valence-corrected chi connectivity index (χ3v) is 3.09. The maximum Gasteiger partial charge on any atom is 0.287 e. The van der Waals surface area contributed by atoms with E-state index in [0.717, 1.165) is 12.3 Å². The number of halogens is 1. The van der Waals surface area contributed by atoms with Crippen LogP contribution in [0.3, 0.4) is 0 Å². The molecule has 0 saturated carbocycles.